The van der Waals surface area contributed by atoms with E-state index in [9.17, 15) is 0 Å². The summed E-state index contributed by atoms with van der Waals surface area (Å²) in [4.78, 5) is 11.4. The number of aromatic nitrogens is 1. The average molecular weight is 371 g/mol. The Morgan fingerprint density at radius 3 is 2.78 bits per heavy atom. The Labute approximate surface area is 160 Å². The molecular formula is C20H29N5O2. The molecule has 2 aromatic heterocycles. The van der Waals surface area contributed by atoms with Gasteiger partial charge in [0.05, 0.1) is 26.0 Å². The number of pyridine rings is 1. The molecule has 146 valence electrons. The molecule has 0 aromatic carbocycles. The van der Waals surface area contributed by atoms with Crippen molar-refractivity contribution in [3.8, 4) is 5.88 Å². The van der Waals surface area contributed by atoms with E-state index in [0.717, 1.165) is 43.5 Å². The van der Waals surface area contributed by atoms with Gasteiger partial charge in [-0.05, 0) is 50.6 Å². The molecule has 0 radical (unpaired) electrons. The predicted octanol–water partition coefficient (Wildman–Crippen LogP) is 2.58. The smallest absolute Gasteiger partial charge is 0.212 e. The van der Waals surface area contributed by atoms with E-state index in [1.54, 1.807) is 19.6 Å². The van der Waals surface area contributed by atoms with E-state index >= 15 is 0 Å². The van der Waals surface area contributed by atoms with E-state index in [1.165, 1.54) is 12.8 Å². The molecule has 1 aliphatic rings. The van der Waals surface area contributed by atoms with Crippen molar-refractivity contribution < 1.29 is 9.15 Å². The Kier molecular flexibility index (Phi) is 7.10. The number of hydrogen-bond donors (Lipinski definition) is 2. The van der Waals surface area contributed by atoms with Crippen LogP contribution in [0.25, 0.3) is 0 Å². The zero-order valence-electron chi connectivity index (χ0n) is 16.1. The minimum Gasteiger partial charge on any atom is -0.481 e. The Bertz CT molecular complexity index is 694. The third-order valence-electron chi connectivity index (χ3n) is 4.69. The summed E-state index contributed by atoms with van der Waals surface area (Å²) in [5.41, 5.74) is 1.04. The molecule has 0 bridgehead atoms. The first-order valence-electron chi connectivity index (χ1n) is 9.58. The minimum atomic E-state index is 0.217. The van der Waals surface area contributed by atoms with Gasteiger partial charge in [0.1, 0.15) is 5.76 Å². The lowest BCUT2D eigenvalue weighted by Crippen LogP contribution is -2.42. The van der Waals surface area contributed by atoms with Gasteiger partial charge in [0.15, 0.2) is 5.96 Å². The molecule has 0 aliphatic carbocycles. The second-order valence-corrected chi connectivity index (χ2v) is 6.56. The highest BCUT2D eigenvalue weighted by Gasteiger charge is 2.25. The summed E-state index contributed by atoms with van der Waals surface area (Å²) in [6.45, 7) is 6.40. The Morgan fingerprint density at radius 1 is 1.30 bits per heavy atom. The average Bonchev–Trinajstić information content (AvgIpc) is 3.41. The molecule has 2 aromatic rings. The molecule has 0 saturated carbocycles. The van der Waals surface area contributed by atoms with Crippen molar-refractivity contribution in [2.24, 2.45) is 4.99 Å². The van der Waals surface area contributed by atoms with Crippen LogP contribution in [0.2, 0.25) is 0 Å². The monoisotopic (exact) mass is 371 g/mol. The molecule has 1 aliphatic heterocycles. The summed E-state index contributed by atoms with van der Waals surface area (Å²) < 4.78 is 10.8. The second kappa shape index (κ2) is 9.97. The standard InChI is InChI=1S/C20H29N5O2/c1-3-21-20(23-14-16-8-9-19(26-2)22-13-16)24-15-17(18-7-6-12-27-18)25-10-4-5-11-25/h6-9,12-13,17H,3-5,10-11,14-15H2,1-2H3,(H2,21,23,24). The number of ether oxygens (including phenoxy) is 1. The minimum absolute atomic E-state index is 0.217. The Hall–Kier alpha value is -2.54. The van der Waals surface area contributed by atoms with Gasteiger partial charge < -0.3 is 19.8 Å². The largest absolute Gasteiger partial charge is 0.481 e. The van der Waals surface area contributed by atoms with Crippen molar-refractivity contribution in [3.63, 3.8) is 0 Å². The van der Waals surface area contributed by atoms with E-state index in [0.29, 0.717) is 12.4 Å². The second-order valence-electron chi connectivity index (χ2n) is 6.56. The SMILES string of the molecule is CCNC(=NCc1ccc(OC)nc1)NCC(c1ccco1)N1CCCC1. The molecular weight excluding hydrogens is 342 g/mol. The van der Waals surface area contributed by atoms with E-state index < -0.39 is 0 Å². The van der Waals surface area contributed by atoms with Gasteiger partial charge in [-0.1, -0.05) is 6.07 Å². The maximum atomic E-state index is 5.69. The van der Waals surface area contributed by atoms with Crippen molar-refractivity contribution in [1.29, 1.82) is 0 Å². The molecule has 3 heterocycles. The van der Waals surface area contributed by atoms with Gasteiger partial charge in [-0.15, -0.1) is 0 Å². The first-order chi connectivity index (χ1) is 13.3. The van der Waals surface area contributed by atoms with E-state index in [2.05, 4.69) is 38.5 Å². The lowest BCUT2D eigenvalue weighted by molar-refractivity contribution is 0.215. The Morgan fingerprint density at radius 2 is 2.15 bits per heavy atom. The maximum absolute atomic E-state index is 5.69. The summed E-state index contributed by atoms with van der Waals surface area (Å²) in [6, 6.07) is 8.06. The molecule has 1 unspecified atom stereocenters. The molecule has 2 N–H and O–H groups in total. The topological polar surface area (TPSA) is 74.9 Å². The molecule has 1 saturated heterocycles. The Balaban J connectivity index is 1.63. The summed E-state index contributed by atoms with van der Waals surface area (Å²) >= 11 is 0. The quantitative estimate of drug-likeness (QED) is 0.549. The fraction of sp³-hybridized carbons (Fsp3) is 0.500. The molecule has 1 fully saturated rings. The van der Waals surface area contributed by atoms with Gasteiger partial charge in [0.2, 0.25) is 5.88 Å². The van der Waals surface area contributed by atoms with Crippen LogP contribution in [0.4, 0.5) is 0 Å². The third-order valence-corrected chi connectivity index (χ3v) is 4.69. The van der Waals surface area contributed by atoms with Crippen molar-refractivity contribution >= 4 is 5.96 Å². The zero-order valence-corrected chi connectivity index (χ0v) is 16.1. The van der Waals surface area contributed by atoms with Gasteiger partial charge in [0, 0.05) is 25.4 Å². The van der Waals surface area contributed by atoms with Gasteiger partial charge in [-0.3, -0.25) is 4.90 Å². The molecule has 0 amide bonds. The zero-order chi connectivity index (χ0) is 18.9. The van der Waals surface area contributed by atoms with Crippen LogP contribution in [0, 0.1) is 0 Å². The number of likely N-dealkylation sites (tertiary alicyclic amines) is 1. The van der Waals surface area contributed by atoms with Gasteiger partial charge in [-0.25, -0.2) is 9.98 Å². The number of nitrogens with one attached hydrogen (secondary N) is 2. The molecule has 3 rings (SSSR count). The van der Waals surface area contributed by atoms with Crippen LogP contribution < -0.4 is 15.4 Å². The summed E-state index contributed by atoms with van der Waals surface area (Å²) in [7, 11) is 1.61. The number of guanidine groups is 1. The van der Waals surface area contributed by atoms with Crippen LogP contribution in [0.1, 0.15) is 37.1 Å². The van der Waals surface area contributed by atoms with Crippen molar-refractivity contribution in [3.05, 3.63) is 48.0 Å². The van der Waals surface area contributed by atoms with Gasteiger partial charge in [0.25, 0.3) is 0 Å². The summed E-state index contributed by atoms with van der Waals surface area (Å²) in [5.74, 6) is 2.41. The first-order valence-corrected chi connectivity index (χ1v) is 9.58. The summed E-state index contributed by atoms with van der Waals surface area (Å²) in [6.07, 6.45) is 6.03. The number of methoxy groups -OCH3 is 1. The third kappa shape index (κ3) is 5.47. The van der Waals surface area contributed by atoms with Crippen LogP contribution in [-0.2, 0) is 6.54 Å². The molecule has 0 spiro atoms. The van der Waals surface area contributed by atoms with E-state index in [1.807, 2.05) is 18.2 Å². The highest BCUT2D eigenvalue weighted by molar-refractivity contribution is 5.79. The van der Waals surface area contributed by atoms with Crippen LogP contribution in [-0.4, -0.2) is 49.1 Å². The van der Waals surface area contributed by atoms with Crippen LogP contribution in [0.3, 0.4) is 0 Å². The van der Waals surface area contributed by atoms with Crippen molar-refractivity contribution in [1.82, 2.24) is 20.5 Å². The highest BCUT2D eigenvalue weighted by Crippen LogP contribution is 2.24. The molecule has 7 heteroatoms. The molecule has 27 heavy (non-hydrogen) atoms. The number of furan rings is 1. The normalized spacial score (nSPS) is 16.3. The predicted molar refractivity (Wildman–Crippen MR) is 106 cm³/mol. The summed E-state index contributed by atoms with van der Waals surface area (Å²) in [5, 5.41) is 6.78. The molecule has 7 nitrogen and oxygen atoms in total. The fourth-order valence-corrected chi connectivity index (χ4v) is 3.27. The lowest BCUT2D eigenvalue weighted by Gasteiger charge is -2.26. The number of aliphatic imine (C=N–C) groups is 1. The number of nitrogens with zero attached hydrogens (tertiary/aromatic N) is 3. The van der Waals surface area contributed by atoms with Crippen molar-refractivity contribution in [2.75, 3.05) is 33.3 Å². The number of hydrogen-bond acceptors (Lipinski definition) is 5. The highest BCUT2D eigenvalue weighted by atomic mass is 16.5. The number of rotatable bonds is 8. The first kappa shape index (κ1) is 19.2. The van der Waals surface area contributed by atoms with Gasteiger partial charge in [-0.2, -0.15) is 0 Å². The van der Waals surface area contributed by atoms with E-state index in [4.69, 9.17) is 9.15 Å². The maximum Gasteiger partial charge on any atom is 0.212 e. The van der Waals surface area contributed by atoms with Gasteiger partial charge >= 0.3 is 0 Å². The lowest BCUT2D eigenvalue weighted by atomic mass is 10.2. The van der Waals surface area contributed by atoms with E-state index in [-0.39, 0.29) is 6.04 Å². The van der Waals surface area contributed by atoms with Crippen LogP contribution in [0.5, 0.6) is 5.88 Å². The van der Waals surface area contributed by atoms with Crippen LogP contribution >= 0.6 is 0 Å². The molecule has 1 atom stereocenters. The fourth-order valence-electron chi connectivity index (χ4n) is 3.27. The van der Waals surface area contributed by atoms with Crippen molar-refractivity contribution in [2.45, 2.75) is 32.4 Å². The van der Waals surface area contributed by atoms with Crippen LogP contribution in [0.15, 0.2) is 46.1 Å².